The van der Waals surface area contributed by atoms with E-state index in [4.69, 9.17) is 0 Å². The van der Waals surface area contributed by atoms with Gasteiger partial charge in [0.1, 0.15) is 4.88 Å². The highest BCUT2D eigenvalue weighted by Crippen LogP contribution is 2.23. The summed E-state index contributed by atoms with van der Waals surface area (Å²) in [5, 5.41) is 7.16. The number of carbonyl (C=O) groups excluding carboxylic acids is 1. The summed E-state index contributed by atoms with van der Waals surface area (Å²) in [5.74, 6) is 0.00216. The van der Waals surface area contributed by atoms with Gasteiger partial charge in [-0.3, -0.25) is 14.7 Å². The average molecular weight is 359 g/mol. The fourth-order valence-electron chi connectivity index (χ4n) is 3.04. The Bertz CT molecular complexity index is 695. The van der Waals surface area contributed by atoms with Crippen molar-refractivity contribution < 1.29 is 4.79 Å². The molecule has 3 rings (SSSR count). The molecular formula is C18H25N5OS. The number of pyridine rings is 1. The number of aromatic nitrogens is 2. The molecule has 7 heteroatoms. The topological polar surface area (TPSA) is 70.2 Å². The molecule has 0 aliphatic carbocycles. The van der Waals surface area contributed by atoms with E-state index >= 15 is 0 Å². The first-order chi connectivity index (χ1) is 12.2. The Morgan fingerprint density at radius 3 is 2.84 bits per heavy atom. The molecule has 25 heavy (non-hydrogen) atoms. The van der Waals surface area contributed by atoms with Gasteiger partial charge >= 0.3 is 0 Å². The van der Waals surface area contributed by atoms with Gasteiger partial charge in [0.2, 0.25) is 0 Å². The Hall–Kier alpha value is -1.99. The molecule has 3 heterocycles. The summed E-state index contributed by atoms with van der Waals surface area (Å²) in [4.78, 5) is 24.4. The van der Waals surface area contributed by atoms with Crippen molar-refractivity contribution >= 4 is 22.4 Å². The second kappa shape index (κ2) is 8.40. The van der Waals surface area contributed by atoms with E-state index in [0.29, 0.717) is 4.88 Å². The van der Waals surface area contributed by atoms with Gasteiger partial charge in [-0.05, 0) is 38.8 Å². The van der Waals surface area contributed by atoms with Crippen molar-refractivity contribution in [2.75, 3.05) is 25.0 Å². The number of nitrogens with zero attached hydrogens (tertiary/aromatic N) is 3. The van der Waals surface area contributed by atoms with Gasteiger partial charge in [0, 0.05) is 38.4 Å². The van der Waals surface area contributed by atoms with Crippen molar-refractivity contribution in [1.29, 1.82) is 0 Å². The zero-order chi connectivity index (χ0) is 17.6. The van der Waals surface area contributed by atoms with E-state index in [9.17, 15) is 4.79 Å². The molecule has 2 aromatic rings. The number of thiazole rings is 1. The number of carbonyl (C=O) groups is 1. The van der Waals surface area contributed by atoms with Crippen molar-refractivity contribution in [1.82, 2.24) is 20.2 Å². The Morgan fingerprint density at radius 2 is 2.16 bits per heavy atom. The molecule has 0 radical (unpaired) electrons. The lowest BCUT2D eigenvalue weighted by atomic mass is 10.0. The number of aryl methyl sites for hydroxylation is 1. The Labute approximate surface area is 152 Å². The molecule has 0 spiro atoms. The first-order valence-corrected chi connectivity index (χ1v) is 9.61. The molecule has 0 saturated carbocycles. The number of hydrogen-bond acceptors (Lipinski definition) is 6. The molecule has 2 aromatic heterocycles. The van der Waals surface area contributed by atoms with Crippen LogP contribution in [0.1, 0.15) is 40.8 Å². The molecule has 1 fully saturated rings. The van der Waals surface area contributed by atoms with Crippen molar-refractivity contribution in [3.63, 3.8) is 0 Å². The van der Waals surface area contributed by atoms with Crippen LogP contribution in [0, 0.1) is 6.92 Å². The summed E-state index contributed by atoms with van der Waals surface area (Å²) >= 11 is 1.43. The van der Waals surface area contributed by atoms with E-state index in [0.717, 1.165) is 55.5 Å². The largest absolute Gasteiger partial charge is 0.362 e. The third kappa shape index (κ3) is 4.76. The van der Waals surface area contributed by atoms with Crippen LogP contribution in [0.2, 0.25) is 0 Å². The van der Waals surface area contributed by atoms with Crippen LogP contribution in [0.4, 0.5) is 5.13 Å². The molecular weight excluding hydrogens is 334 g/mol. The second-order valence-corrected chi connectivity index (χ2v) is 7.31. The van der Waals surface area contributed by atoms with Crippen LogP contribution in [-0.2, 0) is 6.54 Å². The van der Waals surface area contributed by atoms with E-state index in [2.05, 4.69) is 31.6 Å². The lowest BCUT2D eigenvalue weighted by Gasteiger charge is -2.32. The minimum absolute atomic E-state index is 0.00216. The number of anilines is 1. The molecule has 0 bridgehead atoms. The fourth-order valence-corrected chi connectivity index (χ4v) is 3.98. The summed E-state index contributed by atoms with van der Waals surface area (Å²) in [7, 11) is 0. The normalized spacial score (nSPS) is 15.9. The first-order valence-electron chi connectivity index (χ1n) is 8.80. The van der Waals surface area contributed by atoms with Gasteiger partial charge in [-0.25, -0.2) is 4.98 Å². The lowest BCUT2D eigenvalue weighted by molar-refractivity contribution is 0.0912. The summed E-state index contributed by atoms with van der Waals surface area (Å²) in [5.41, 5.74) is 1.90. The highest BCUT2D eigenvalue weighted by molar-refractivity contribution is 7.17. The Balaban J connectivity index is 1.49. The standard InChI is InChI=1S/C18H25N5OS/c1-3-19-18-21-13(2)16(25-18)17(24)22-14-7-10-23(11-8-14)12-15-6-4-5-9-20-15/h4-6,9,14H,3,7-8,10-12H2,1-2H3,(H,19,21)(H,22,24). The highest BCUT2D eigenvalue weighted by atomic mass is 32.1. The fraction of sp³-hybridized carbons (Fsp3) is 0.500. The molecule has 2 N–H and O–H groups in total. The summed E-state index contributed by atoms with van der Waals surface area (Å²) in [6.07, 6.45) is 3.77. The SMILES string of the molecule is CCNc1nc(C)c(C(=O)NC2CCN(Cc3ccccn3)CC2)s1. The molecule has 1 saturated heterocycles. The molecule has 6 nitrogen and oxygen atoms in total. The quantitative estimate of drug-likeness (QED) is 0.830. The monoisotopic (exact) mass is 359 g/mol. The predicted molar refractivity (Wildman–Crippen MR) is 101 cm³/mol. The maximum Gasteiger partial charge on any atom is 0.263 e. The van der Waals surface area contributed by atoms with E-state index < -0.39 is 0 Å². The van der Waals surface area contributed by atoms with Crippen LogP contribution in [0.15, 0.2) is 24.4 Å². The Kier molecular flexibility index (Phi) is 5.99. The molecule has 0 aromatic carbocycles. The number of hydrogen-bond donors (Lipinski definition) is 2. The van der Waals surface area contributed by atoms with Gasteiger partial charge in [-0.2, -0.15) is 0 Å². The Morgan fingerprint density at radius 1 is 1.36 bits per heavy atom. The average Bonchev–Trinajstić information content (AvgIpc) is 2.98. The maximum absolute atomic E-state index is 12.5. The lowest BCUT2D eigenvalue weighted by Crippen LogP contribution is -2.44. The van der Waals surface area contributed by atoms with Crippen LogP contribution >= 0.6 is 11.3 Å². The van der Waals surface area contributed by atoms with Gasteiger partial charge in [0.15, 0.2) is 5.13 Å². The van der Waals surface area contributed by atoms with E-state index in [1.807, 2.05) is 32.2 Å². The molecule has 1 aliphatic rings. The number of piperidine rings is 1. The molecule has 134 valence electrons. The second-order valence-electron chi connectivity index (χ2n) is 6.31. The maximum atomic E-state index is 12.5. The van der Waals surface area contributed by atoms with Crippen LogP contribution in [0.25, 0.3) is 0 Å². The van der Waals surface area contributed by atoms with Gasteiger partial charge in [-0.15, -0.1) is 0 Å². The van der Waals surface area contributed by atoms with Gasteiger partial charge in [0.25, 0.3) is 5.91 Å². The van der Waals surface area contributed by atoms with Gasteiger partial charge in [0.05, 0.1) is 11.4 Å². The third-order valence-corrected chi connectivity index (χ3v) is 5.48. The zero-order valence-corrected chi connectivity index (χ0v) is 15.6. The summed E-state index contributed by atoms with van der Waals surface area (Å²) < 4.78 is 0. The first kappa shape index (κ1) is 17.8. The third-order valence-electron chi connectivity index (χ3n) is 4.37. The minimum Gasteiger partial charge on any atom is -0.362 e. The van der Waals surface area contributed by atoms with Crippen LogP contribution < -0.4 is 10.6 Å². The highest BCUT2D eigenvalue weighted by Gasteiger charge is 2.23. The number of rotatable bonds is 6. The minimum atomic E-state index is 0.00216. The molecule has 1 amide bonds. The van der Waals surface area contributed by atoms with E-state index in [1.165, 1.54) is 11.3 Å². The van der Waals surface area contributed by atoms with Crippen LogP contribution in [0.5, 0.6) is 0 Å². The van der Waals surface area contributed by atoms with Crippen molar-refractivity contribution in [3.8, 4) is 0 Å². The van der Waals surface area contributed by atoms with Crippen molar-refractivity contribution in [2.45, 2.75) is 39.3 Å². The molecule has 1 aliphatic heterocycles. The molecule has 0 unspecified atom stereocenters. The number of amides is 1. The van der Waals surface area contributed by atoms with Crippen molar-refractivity contribution in [3.05, 3.63) is 40.7 Å². The van der Waals surface area contributed by atoms with E-state index in [-0.39, 0.29) is 11.9 Å². The zero-order valence-electron chi connectivity index (χ0n) is 14.8. The molecule has 0 atom stereocenters. The number of nitrogens with one attached hydrogen (secondary N) is 2. The van der Waals surface area contributed by atoms with Crippen LogP contribution in [-0.4, -0.2) is 46.5 Å². The van der Waals surface area contributed by atoms with Crippen LogP contribution in [0.3, 0.4) is 0 Å². The van der Waals surface area contributed by atoms with Gasteiger partial charge in [-0.1, -0.05) is 17.4 Å². The van der Waals surface area contributed by atoms with E-state index in [1.54, 1.807) is 0 Å². The summed E-state index contributed by atoms with van der Waals surface area (Å²) in [6.45, 7) is 7.55. The predicted octanol–water partition coefficient (Wildman–Crippen LogP) is 2.67. The number of likely N-dealkylation sites (tertiary alicyclic amines) is 1. The van der Waals surface area contributed by atoms with Crippen molar-refractivity contribution in [2.24, 2.45) is 0 Å². The summed E-state index contributed by atoms with van der Waals surface area (Å²) in [6, 6.07) is 6.25. The smallest absolute Gasteiger partial charge is 0.263 e. The van der Waals surface area contributed by atoms with Gasteiger partial charge < -0.3 is 10.6 Å².